The molecule has 0 saturated heterocycles. The molecule has 0 aromatic carbocycles. The van der Waals surface area contributed by atoms with Crippen molar-refractivity contribution in [3.8, 4) is 0 Å². The van der Waals surface area contributed by atoms with Gasteiger partial charge in [0.15, 0.2) is 0 Å². The fourth-order valence-corrected chi connectivity index (χ4v) is 4.11. The van der Waals surface area contributed by atoms with Crippen LogP contribution in [0, 0.1) is 17.3 Å². The standard InChI is InChI=1S/C12H20ClNO2/c13-14-8-12(7-11(15)16)5-9-3-1-2-4-10(9)6-12/h9-10,14H,1-8H2,(H,15,16)/t9-,10+,12-. The van der Waals surface area contributed by atoms with Crippen LogP contribution in [-0.2, 0) is 4.79 Å². The first-order chi connectivity index (χ1) is 7.65. The third-order valence-electron chi connectivity index (χ3n) is 4.42. The van der Waals surface area contributed by atoms with Crippen LogP contribution in [0.3, 0.4) is 0 Å². The van der Waals surface area contributed by atoms with Crippen molar-refractivity contribution in [1.29, 1.82) is 0 Å². The summed E-state index contributed by atoms with van der Waals surface area (Å²) in [5, 5.41) is 9.03. The second-order valence-electron chi connectivity index (χ2n) is 5.59. The monoisotopic (exact) mass is 245 g/mol. The topological polar surface area (TPSA) is 49.3 Å². The van der Waals surface area contributed by atoms with Crippen LogP contribution < -0.4 is 4.84 Å². The lowest BCUT2D eigenvalue weighted by atomic mass is 9.81. The van der Waals surface area contributed by atoms with Gasteiger partial charge in [-0.25, -0.2) is 4.84 Å². The van der Waals surface area contributed by atoms with E-state index in [-0.39, 0.29) is 11.8 Å². The van der Waals surface area contributed by atoms with E-state index in [9.17, 15) is 4.79 Å². The maximum Gasteiger partial charge on any atom is 0.303 e. The van der Waals surface area contributed by atoms with E-state index in [0.717, 1.165) is 24.7 Å². The second-order valence-corrected chi connectivity index (χ2v) is 5.86. The largest absolute Gasteiger partial charge is 0.481 e. The average molecular weight is 246 g/mol. The van der Waals surface area contributed by atoms with Crippen molar-refractivity contribution in [2.45, 2.75) is 44.9 Å². The third-order valence-corrected chi connectivity index (χ3v) is 4.56. The molecule has 0 aromatic heterocycles. The van der Waals surface area contributed by atoms with Gasteiger partial charge in [0.1, 0.15) is 0 Å². The molecule has 0 aliphatic heterocycles. The highest BCUT2D eigenvalue weighted by Gasteiger charge is 2.46. The number of rotatable bonds is 4. The second kappa shape index (κ2) is 4.92. The van der Waals surface area contributed by atoms with Crippen molar-refractivity contribution in [2.24, 2.45) is 17.3 Å². The van der Waals surface area contributed by atoms with Gasteiger partial charge in [0, 0.05) is 6.54 Å². The van der Waals surface area contributed by atoms with Crippen molar-refractivity contribution >= 4 is 17.7 Å². The summed E-state index contributed by atoms with van der Waals surface area (Å²) in [7, 11) is 0. The molecule has 2 rings (SSSR count). The predicted molar refractivity (Wildman–Crippen MR) is 63.2 cm³/mol. The number of hydrogen-bond donors (Lipinski definition) is 2. The number of carboxylic acids is 1. The number of hydrogen-bond acceptors (Lipinski definition) is 2. The zero-order chi connectivity index (χ0) is 11.6. The Morgan fingerprint density at radius 1 is 1.31 bits per heavy atom. The van der Waals surface area contributed by atoms with Gasteiger partial charge >= 0.3 is 5.97 Å². The summed E-state index contributed by atoms with van der Waals surface area (Å²) in [5.74, 6) is 0.807. The molecular weight excluding hydrogens is 226 g/mol. The molecule has 2 aliphatic rings. The molecule has 2 N–H and O–H groups in total. The molecule has 0 unspecified atom stereocenters. The SMILES string of the molecule is O=C(O)C[C@@]1(CNCl)C[C@H]2CCCC[C@H]2C1. The zero-order valence-corrected chi connectivity index (χ0v) is 10.3. The van der Waals surface area contributed by atoms with E-state index in [0.29, 0.717) is 6.54 Å². The van der Waals surface area contributed by atoms with Crippen molar-refractivity contribution < 1.29 is 9.90 Å². The number of halogens is 1. The minimum absolute atomic E-state index is 0.0900. The van der Waals surface area contributed by atoms with E-state index in [1.54, 1.807) is 0 Å². The highest BCUT2D eigenvalue weighted by Crippen LogP contribution is 2.52. The first-order valence-corrected chi connectivity index (χ1v) is 6.58. The van der Waals surface area contributed by atoms with E-state index in [1.165, 1.54) is 25.7 Å². The van der Waals surface area contributed by atoms with Crippen LogP contribution >= 0.6 is 11.8 Å². The highest BCUT2D eigenvalue weighted by atomic mass is 35.5. The lowest BCUT2D eigenvalue weighted by molar-refractivity contribution is -0.139. The summed E-state index contributed by atoms with van der Waals surface area (Å²) >= 11 is 5.61. The van der Waals surface area contributed by atoms with Crippen molar-refractivity contribution in [2.75, 3.05) is 6.54 Å². The molecule has 0 bridgehead atoms. The number of fused-ring (bicyclic) bond motifs is 1. The van der Waals surface area contributed by atoms with Gasteiger partial charge in [-0.2, -0.15) is 0 Å². The van der Waals surface area contributed by atoms with Gasteiger partial charge in [0.25, 0.3) is 0 Å². The van der Waals surface area contributed by atoms with Crippen LogP contribution in [0.1, 0.15) is 44.9 Å². The smallest absolute Gasteiger partial charge is 0.303 e. The fraction of sp³-hybridized carbons (Fsp3) is 0.917. The van der Waals surface area contributed by atoms with Crippen molar-refractivity contribution in [3.05, 3.63) is 0 Å². The molecule has 2 aliphatic carbocycles. The Morgan fingerprint density at radius 3 is 2.31 bits per heavy atom. The van der Waals surface area contributed by atoms with Crippen LogP contribution in [0.15, 0.2) is 0 Å². The van der Waals surface area contributed by atoms with Crippen molar-refractivity contribution in [1.82, 2.24) is 4.84 Å². The summed E-state index contributed by atoms with van der Waals surface area (Å²) in [5.41, 5.74) is -0.0900. The van der Waals surface area contributed by atoms with Crippen LogP contribution in [0.25, 0.3) is 0 Å². The molecule has 3 atom stereocenters. The van der Waals surface area contributed by atoms with E-state index in [4.69, 9.17) is 16.9 Å². The summed E-state index contributed by atoms with van der Waals surface area (Å²) in [6.07, 6.45) is 7.56. The molecule has 0 radical (unpaired) electrons. The van der Waals surface area contributed by atoms with Crippen LogP contribution in [0.4, 0.5) is 0 Å². The van der Waals surface area contributed by atoms with Gasteiger partial charge in [0.2, 0.25) is 0 Å². The molecule has 0 spiro atoms. The Kier molecular flexibility index (Phi) is 3.75. The third kappa shape index (κ3) is 2.51. The predicted octanol–water partition coefficient (Wildman–Crippen LogP) is 2.79. The Morgan fingerprint density at radius 2 is 1.88 bits per heavy atom. The normalized spacial score (nSPS) is 38.3. The molecule has 16 heavy (non-hydrogen) atoms. The molecule has 0 heterocycles. The summed E-state index contributed by atoms with van der Waals surface area (Å²) < 4.78 is 0. The highest BCUT2D eigenvalue weighted by molar-refractivity contribution is 6.13. The molecular formula is C12H20ClNO2. The van der Waals surface area contributed by atoms with Crippen LogP contribution in [0.2, 0.25) is 0 Å². The zero-order valence-electron chi connectivity index (χ0n) is 9.54. The molecule has 0 amide bonds. The molecule has 3 nitrogen and oxygen atoms in total. The lowest BCUT2D eigenvalue weighted by Crippen LogP contribution is -2.31. The molecule has 92 valence electrons. The Hall–Kier alpha value is -0.280. The Balaban J connectivity index is 2.06. The number of aliphatic carboxylic acids is 1. The van der Waals surface area contributed by atoms with Gasteiger partial charge in [-0.3, -0.25) is 4.79 Å². The Labute approximate surface area is 102 Å². The van der Waals surface area contributed by atoms with E-state index in [2.05, 4.69) is 4.84 Å². The molecule has 4 heteroatoms. The maximum absolute atomic E-state index is 11.0. The lowest BCUT2D eigenvalue weighted by Gasteiger charge is -2.26. The quantitative estimate of drug-likeness (QED) is 0.749. The van der Waals surface area contributed by atoms with Gasteiger partial charge in [-0.05, 0) is 41.9 Å². The van der Waals surface area contributed by atoms with Gasteiger partial charge in [-0.1, -0.05) is 25.7 Å². The van der Waals surface area contributed by atoms with Gasteiger partial charge in [0.05, 0.1) is 6.42 Å². The number of nitrogens with one attached hydrogen (secondary N) is 1. The fourth-order valence-electron chi connectivity index (χ4n) is 3.83. The van der Waals surface area contributed by atoms with Crippen molar-refractivity contribution in [3.63, 3.8) is 0 Å². The molecule has 2 fully saturated rings. The van der Waals surface area contributed by atoms with Crippen LogP contribution in [0.5, 0.6) is 0 Å². The first kappa shape index (κ1) is 12.2. The molecule has 0 aromatic rings. The van der Waals surface area contributed by atoms with Gasteiger partial charge in [-0.15, -0.1) is 0 Å². The maximum atomic E-state index is 11.0. The van der Waals surface area contributed by atoms with E-state index < -0.39 is 5.97 Å². The summed E-state index contributed by atoms with van der Waals surface area (Å²) in [6.45, 7) is 0.633. The Bertz CT molecular complexity index is 256. The molecule has 2 saturated carbocycles. The van der Waals surface area contributed by atoms with Gasteiger partial charge < -0.3 is 5.11 Å². The minimum Gasteiger partial charge on any atom is -0.481 e. The summed E-state index contributed by atoms with van der Waals surface area (Å²) in [6, 6.07) is 0. The number of carboxylic acid groups (broad SMARTS) is 1. The first-order valence-electron chi connectivity index (χ1n) is 6.20. The average Bonchev–Trinajstić information content (AvgIpc) is 2.54. The van der Waals surface area contributed by atoms with E-state index >= 15 is 0 Å². The number of carbonyl (C=O) groups is 1. The van der Waals surface area contributed by atoms with Crippen LogP contribution in [-0.4, -0.2) is 17.6 Å². The minimum atomic E-state index is -0.689. The van der Waals surface area contributed by atoms with E-state index in [1.807, 2.05) is 0 Å². The summed E-state index contributed by atoms with van der Waals surface area (Å²) in [4.78, 5) is 13.6.